The van der Waals surface area contributed by atoms with Gasteiger partial charge in [0.25, 0.3) is 0 Å². The van der Waals surface area contributed by atoms with E-state index in [1.54, 1.807) is 13.2 Å². The molecule has 0 aliphatic carbocycles. The van der Waals surface area contributed by atoms with Crippen molar-refractivity contribution in [1.82, 2.24) is 10.2 Å². The number of hydrogen-bond donors (Lipinski definition) is 1. The summed E-state index contributed by atoms with van der Waals surface area (Å²) in [5.74, 6) is 0.147. The second kappa shape index (κ2) is 11.1. The third kappa shape index (κ3) is 5.27. The quantitative estimate of drug-likeness (QED) is 0.842. The average Bonchev–Trinajstić information content (AvgIpc) is 2.49. The van der Waals surface area contributed by atoms with E-state index in [-0.39, 0.29) is 36.7 Å². The Labute approximate surface area is 145 Å². The minimum absolute atomic E-state index is 0. The molecule has 1 atom stereocenters. The molecule has 1 aliphatic heterocycles. The fourth-order valence-corrected chi connectivity index (χ4v) is 2.93. The van der Waals surface area contributed by atoms with Crippen LogP contribution in [0.15, 0.2) is 18.2 Å². The summed E-state index contributed by atoms with van der Waals surface area (Å²) >= 11 is 0. The molecule has 0 spiro atoms. The Morgan fingerprint density at radius 1 is 1.27 bits per heavy atom. The van der Waals surface area contributed by atoms with Crippen LogP contribution in [0.5, 0.6) is 5.75 Å². The maximum atomic E-state index is 13.9. The van der Waals surface area contributed by atoms with Gasteiger partial charge in [0.15, 0.2) is 11.6 Å². The first-order chi connectivity index (χ1) is 9.77. The predicted octanol–water partition coefficient (Wildman–Crippen LogP) is 3.81. The zero-order chi connectivity index (χ0) is 14.4. The van der Waals surface area contributed by atoms with Gasteiger partial charge in [-0.15, -0.1) is 24.8 Å². The van der Waals surface area contributed by atoms with Gasteiger partial charge in [-0.25, -0.2) is 4.39 Å². The Balaban J connectivity index is 0.00000220. The number of rotatable bonds is 6. The smallest absolute Gasteiger partial charge is 0.165 e. The molecule has 128 valence electrons. The fraction of sp³-hybridized carbons (Fsp3) is 0.625. The number of nitrogens with zero attached hydrogens (tertiary/aromatic N) is 1. The first-order valence-corrected chi connectivity index (χ1v) is 7.55. The summed E-state index contributed by atoms with van der Waals surface area (Å²) in [6, 6.07) is 5.51. The Kier molecular flexibility index (Phi) is 10.8. The van der Waals surface area contributed by atoms with Gasteiger partial charge in [0, 0.05) is 37.8 Å². The van der Waals surface area contributed by atoms with Crippen LogP contribution in [0.3, 0.4) is 0 Å². The van der Waals surface area contributed by atoms with Gasteiger partial charge >= 0.3 is 0 Å². The van der Waals surface area contributed by atoms with Gasteiger partial charge in [-0.3, -0.25) is 4.90 Å². The Hall–Kier alpha value is -0.550. The highest BCUT2D eigenvalue weighted by Gasteiger charge is 2.25. The topological polar surface area (TPSA) is 24.5 Å². The molecule has 3 nitrogen and oxygen atoms in total. The number of para-hydroxylation sites is 1. The molecule has 0 radical (unpaired) electrons. The highest BCUT2D eigenvalue weighted by atomic mass is 35.5. The van der Waals surface area contributed by atoms with E-state index in [9.17, 15) is 4.39 Å². The van der Waals surface area contributed by atoms with Crippen LogP contribution in [-0.4, -0.2) is 38.2 Å². The van der Waals surface area contributed by atoms with Crippen LogP contribution in [0.4, 0.5) is 4.39 Å². The molecule has 0 amide bonds. The first-order valence-electron chi connectivity index (χ1n) is 7.55. The van der Waals surface area contributed by atoms with Gasteiger partial charge in [0.05, 0.1) is 7.11 Å². The maximum absolute atomic E-state index is 13.9. The summed E-state index contributed by atoms with van der Waals surface area (Å²) < 4.78 is 19.3. The molecule has 1 aromatic carbocycles. The van der Waals surface area contributed by atoms with E-state index in [4.69, 9.17) is 4.74 Å². The molecule has 0 unspecified atom stereocenters. The summed E-state index contributed by atoms with van der Waals surface area (Å²) in [5, 5.41) is 3.37. The summed E-state index contributed by atoms with van der Waals surface area (Å²) in [6.07, 6.45) is 3.35. The van der Waals surface area contributed by atoms with Crippen molar-refractivity contribution in [3.8, 4) is 5.75 Å². The lowest BCUT2D eigenvalue weighted by Crippen LogP contribution is -2.45. The van der Waals surface area contributed by atoms with Gasteiger partial charge in [-0.05, 0) is 12.5 Å². The lowest BCUT2D eigenvalue weighted by Gasteiger charge is -2.36. The third-order valence-electron chi connectivity index (χ3n) is 3.98. The lowest BCUT2D eigenvalue weighted by molar-refractivity contribution is 0.159. The molecule has 0 aromatic heterocycles. The van der Waals surface area contributed by atoms with Crippen molar-refractivity contribution in [3.63, 3.8) is 0 Å². The number of hydrogen-bond acceptors (Lipinski definition) is 3. The molecule has 1 heterocycles. The summed E-state index contributed by atoms with van der Waals surface area (Å²) in [5.41, 5.74) is 0.989. The van der Waals surface area contributed by atoms with Crippen molar-refractivity contribution in [1.29, 1.82) is 0 Å². The lowest BCUT2D eigenvalue weighted by atomic mass is 9.97. The molecule has 0 saturated carbocycles. The second-order valence-electron chi connectivity index (χ2n) is 5.31. The molecular weight excluding hydrogens is 326 g/mol. The molecule has 1 fully saturated rings. The molecule has 6 heteroatoms. The van der Waals surface area contributed by atoms with Crippen LogP contribution < -0.4 is 10.1 Å². The Bertz CT molecular complexity index is 429. The molecule has 0 bridgehead atoms. The molecule has 1 aromatic rings. The monoisotopic (exact) mass is 352 g/mol. The van der Waals surface area contributed by atoms with E-state index >= 15 is 0 Å². The van der Waals surface area contributed by atoms with Crippen molar-refractivity contribution in [2.75, 3.05) is 33.3 Å². The molecular formula is C16H27Cl2FN2O. The van der Waals surface area contributed by atoms with E-state index in [1.165, 1.54) is 6.07 Å². The normalized spacial score (nSPS) is 16.3. The SMILES string of the molecule is CCCC[C@@H](c1cccc(F)c1OC)N1CCNCC1.Cl.Cl. The minimum atomic E-state index is -0.262. The van der Waals surface area contributed by atoms with Gasteiger partial charge in [-0.1, -0.05) is 31.9 Å². The average molecular weight is 353 g/mol. The van der Waals surface area contributed by atoms with Crippen LogP contribution >= 0.6 is 24.8 Å². The Morgan fingerprint density at radius 3 is 2.55 bits per heavy atom. The first kappa shape index (κ1) is 21.4. The standard InChI is InChI=1S/C16H25FN2O.2ClH/c1-3-4-8-15(19-11-9-18-10-12-19)13-6-5-7-14(17)16(13)20-2;;/h5-7,15,18H,3-4,8-12H2,1-2H3;2*1H/t15-;;/m0../s1. The largest absolute Gasteiger partial charge is 0.493 e. The van der Waals surface area contributed by atoms with Gasteiger partial charge in [-0.2, -0.15) is 0 Å². The molecule has 2 rings (SSSR count). The van der Waals surface area contributed by atoms with Crippen LogP contribution in [0.2, 0.25) is 0 Å². The number of piperazine rings is 1. The maximum Gasteiger partial charge on any atom is 0.165 e. The van der Waals surface area contributed by atoms with Crippen LogP contribution in [0.1, 0.15) is 37.8 Å². The van der Waals surface area contributed by atoms with Crippen molar-refractivity contribution in [3.05, 3.63) is 29.6 Å². The van der Waals surface area contributed by atoms with E-state index < -0.39 is 0 Å². The summed E-state index contributed by atoms with van der Waals surface area (Å²) in [4.78, 5) is 2.45. The zero-order valence-corrected chi connectivity index (χ0v) is 14.9. The minimum Gasteiger partial charge on any atom is -0.493 e. The summed E-state index contributed by atoms with van der Waals surface area (Å²) in [6.45, 7) is 6.21. The van der Waals surface area contributed by atoms with Crippen LogP contribution in [0.25, 0.3) is 0 Å². The second-order valence-corrected chi connectivity index (χ2v) is 5.31. The number of methoxy groups -OCH3 is 1. The van der Waals surface area contributed by atoms with E-state index in [2.05, 4.69) is 17.1 Å². The highest BCUT2D eigenvalue weighted by Crippen LogP contribution is 2.34. The molecule has 22 heavy (non-hydrogen) atoms. The van der Waals surface area contributed by atoms with E-state index in [0.717, 1.165) is 51.0 Å². The predicted molar refractivity (Wildman–Crippen MR) is 94.2 cm³/mol. The highest BCUT2D eigenvalue weighted by molar-refractivity contribution is 5.85. The molecule has 1 aliphatic rings. The number of ether oxygens (including phenoxy) is 1. The fourth-order valence-electron chi connectivity index (χ4n) is 2.93. The van der Waals surface area contributed by atoms with E-state index in [0.29, 0.717) is 5.75 Å². The van der Waals surface area contributed by atoms with Gasteiger partial charge < -0.3 is 10.1 Å². The van der Waals surface area contributed by atoms with Crippen molar-refractivity contribution in [2.45, 2.75) is 32.2 Å². The summed E-state index contributed by atoms with van der Waals surface area (Å²) in [7, 11) is 1.55. The number of benzene rings is 1. The molecule has 1 N–H and O–H groups in total. The number of unbranched alkanes of at least 4 members (excludes halogenated alkanes) is 1. The van der Waals surface area contributed by atoms with Crippen LogP contribution in [-0.2, 0) is 0 Å². The van der Waals surface area contributed by atoms with E-state index in [1.807, 2.05) is 6.07 Å². The van der Waals surface area contributed by atoms with Crippen molar-refractivity contribution < 1.29 is 9.13 Å². The van der Waals surface area contributed by atoms with Gasteiger partial charge in [0.1, 0.15) is 0 Å². The Morgan fingerprint density at radius 2 is 1.95 bits per heavy atom. The molecule has 1 saturated heterocycles. The van der Waals surface area contributed by atoms with Gasteiger partial charge in [0.2, 0.25) is 0 Å². The zero-order valence-electron chi connectivity index (χ0n) is 13.3. The van der Waals surface area contributed by atoms with Crippen molar-refractivity contribution >= 4 is 24.8 Å². The third-order valence-corrected chi connectivity index (χ3v) is 3.98. The number of halogens is 3. The van der Waals surface area contributed by atoms with Crippen molar-refractivity contribution in [2.24, 2.45) is 0 Å². The van der Waals surface area contributed by atoms with Crippen LogP contribution in [0, 0.1) is 5.82 Å². The number of nitrogens with one attached hydrogen (secondary N) is 1.